The zero-order valence-corrected chi connectivity index (χ0v) is 11.6. The first-order valence-electron chi connectivity index (χ1n) is 6.17. The van der Waals surface area contributed by atoms with E-state index in [2.05, 4.69) is 18.0 Å². The van der Waals surface area contributed by atoms with Gasteiger partial charge < -0.3 is 10.2 Å². The normalized spacial score (nSPS) is 11.9. The van der Waals surface area contributed by atoms with Crippen molar-refractivity contribution in [3.63, 3.8) is 0 Å². The highest BCUT2D eigenvalue weighted by molar-refractivity contribution is 5.63. The summed E-state index contributed by atoms with van der Waals surface area (Å²) in [4.78, 5) is 22.4. The zero-order valence-electron chi connectivity index (χ0n) is 11.6. The fourth-order valence-corrected chi connectivity index (χ4v) is 1.80. The molecule has 1 aromatic rings. The number of hydrogen-bond donors (Lipinski definition) is 2. The van der Waals surface area contributed by atoms with Crippen molar-refractivity contribution in [1.82, 2.24) is 4.98 Å². The molecule has 1 heterocycles. The number of carbonyl (C=O) groups is 2. The van der Waals surface area contributed by atoms with Crippen LogP contribution < -0.4 is 0 Å². The standard InChI is InChI=1S/C10H13N.2C2H4O2/c1-8-6-7-11-10-5-3-2-4-9(8)10;2*1-2(3)4/h6-7H,2-5H2,1H3;2*1H3,(H,3,4). The van der Waals surface area contributed by atoms with Crippen LogP contribution >= 0.6 is 0 Å². The number of rotatable bonds is 0. The van der Waals surface area contributed by atoms with E-state index in [0.717, 1.165) is 13.8 Å². The molecule has 5 nitrogen and oxygen atoms in total. The van der Waals surface area contributed by atoms with Gasteiger partial charge in [0.15, 0.2) is 0 Å². The second kappa shape index (κ2) is 9.08. The van der Waals surface area contributed by atoms with Gasteiger partial charge in [-0.1, -0.05) is 0 Å². The average Bonchev–Trinajstić information content (AvgIpc) is 2.28. The number of hydrogen-bond acceptors (Lipinski definition) is 3. The summed E-state index contributed by atoms with van der Waals surface area (Å²) in [6, 6.07) is 2.12. The largest absolute Gasteiger partial charge is 0.481 e. The number of aliphatic carboxylic acids is 2. The Morgan fingerprint density at radius 2 is 1.58 bits per heavy atom. The van der Waals surface area contributed by atoms with Crippen molar-refractivity contribution < 1.29 is 19.8 Å². The summed E-state index contributed by atoms with van der Waals surface area (Å²) in [5.74, 6) is -1.67. The number of nitrogens with zero attached hydrogens (tertiary/aromatic N) is 1. The Labute approximate surface area is 113 Å². The summed E-state index contributed by atoms with van der Waals surface area (Å²) < 4.78 is 0. The van der Waals surface area contributed by atoms with Gasteiger partial charge in [-0.05, 0) is 49.8 Å². The van der Waals surface area contributed by atoms with Gasteiger partial charge in [0.2, 0.25) is 0 Å². The number of carboxylic acids is 2. The third kappa shape index (κ3) is 8.77. The summed E-state index contributed by atoms with van der Waals surface area (Å²) in [5, 5.41) is 14.8. The topological polar surface area (TPSA) is 87.5 Å². The second-order valence-electron chi connectivity index (χ2n) is 4.30. The summed E-state index contributed by atoms with van der Waals surface area (Å²) in [6.45, 7) is 4.35. The van der Waals surface area contributed by atoms with Gasteiger partial charge >= 0.3 is 0 Å². The number of aromatic nitrogens is 1. The van der Waals surface area contributed by atoms with Crippen LogP contribution in [0.4, 0.5) is 0 Å². The van der Waals surface area contributed by atoms with Crippen LogP contribution in [0, 0.1) is 6.92 Å². The van der Waals surface area contributed by atoms with Crippen molar-refractivity contribution in [2.75, 3.05) is 0 Å². The lowest BCUT2D eigenvalue weighted by Crippen LogP contribution is -2.06. The Bertz CT molecular complexity index is 409. The number of fused-ring (bicyclic) bond motifs is 1. The first-order chi connectivity index (χ1) is 8.84. The van der Waals surface area contributed by atoms with E-state index in [4.69, 9.17) is 19.8 Å². The Kier molecular flexibility index (Phi) is 8.17. The van der Waals surface area contributed by atoms with Gasteiger partial charge in [0, 0.05) is 25.7 Å². The van der Waals surface area contributed by atoms with E-state index in [9.17, 15) is 0 Å². The molecule has 2 rings (SSSR count). The van der Waals surface area contributed by atoms with Crippen LogP contribution in [0.2, 0.25) is 0 Å². The van der Waals surface area contributed by atoms with E-state index in [-0.39, 0.29) is 0 Å². The van der Waals surface area contributed by atoms with Crippen LogP contribution in [0.5, 0.6) is 0 Å². The van der Waals surface area contributed by atoms with Gasteiger partial charge in [0.1, 0.15) is 0 Å². The lowest BCUT2D eigenvalue weighted by atomic mass is 9.93. The SMILES string of the molecule is CC(=O)O.CC(=O)O.Cc1ccnc2c1CCCC2. The van der Waals surface area contributed by atoms with Crippen LogP contribution in [0.25, 0.3) is 0 Å². The van der Waals surface area contributed by atoms with Crippen LogP contribution in [0.3, 0.4) is 0 Å². The van der Waals surface area contributed by atoms with Crippen molar-refractivity contribution in [2.45, 2.75) is 46.5 Å². The van der Waals surface area contributed by atoms with Gasteiger partial charge in [0.05, 0.1) is 0 Å². The molecule has 0 bridgehead atoms. The number of aryl methyl sites for hydroxylation is 2. The molecule has 1 aromatic heterocycles. The van der Waals surface area contributed by atoms with Crippen molar-refractivity contribution in [3.8, 4) is 0 Å². The molecule has 0 amide bonds. The maximum Gasteiger partial charge on any atom is 0.300 e. The molecule has 0 fully saturated rings. The maximum atomic E-state index is 9.00. The molecule has 106 valence electrons. The Morgan fingerprint density at radius 1 is 1.11 bits per heavy atom. The Hall–Kier alpha value is -1.91. The second-order valence-corrected chi connectivity index (χ2v) is 4.30. The molecule has 0 aromatic carbocycles. The molecule has 1 aliphatic rings. The molecule has 0 radical (unpaired) electrons. The lowest BCUT2D eigenvalue weighted by molar-refractivity contribution is -0.135. The molecule has 0 saturated heterocycles. The molecule has 5 heteroatoms. The smallest absolute Gasteiger partial charge is 0.300 e. The van der Waals surface area contributed by atoms with E-state index < -0.39 is 11.9 Å². The Morgan fingerprint density at radius 3 is 2.05 bits per heavy atom. The first kappa shape index (κ1) is 17.1. The highest BCUT2D eigenvalue weighted by Crippen LogP contribution is 2.21. The molecule has 0 spiro atoms. The summed E-state index contributed by atoms with van der Waals surface area (Å²) in [5.41, 5.74) is 4.28. The first-order valence-corrected chi connectivity index (χ1v) is 6.17. The minimum Gasteiger partial charge on any atom is -0.481 e. The molecule has 2 N–H and O–H groups in total. The van der Waals surface area contributed by atoms with E-state index >= 15 is 0 Å². The van der Waals surface area contributed by atoms with Crippen LogP contribution in [0.15, 0.2) is 12.3 Å². The number of pyridine rings is 1. The lowest BCUT2D eigenvalue weighted by Gasteiger charge is -2.15. The van der Waals surface area contributed by atoms with E-state index in [1.54, 1.807) is 0 Å². The quantitative estimate of drug-likeness (QED) is 0.753. The van der Waals surface area contributed by atoms with Gasteiger partial charge in [-0.25, -0.2) is 0 Å². The highest BCUT2D eigenvalue weighted by Gasteiger charge is 2.10. The molecule has 0 unspecified atom stereocenters. The maximum absolute atomic E-state index is 9.00. The summed E-state index contributed by atoms with van der Waals surface area (Å²) in [6.07, 6.45) is 7.04. The highest BCUT2D eigenvalue weighted by atomic mass is 16.4. The predicted octanol–water partition coefficient (Wildman–Crippen LogP) is 2.45. The average molecular weight is 267 g/mol. The van der Waals surface area contributed by atoms with E-state index in [1.165, 1.54) is 42.5 Å². The minimum absolute atomic E-state index is 0.833. The van der Waals surface area contributed by atoms with Crippen molar-refractivity contribution >= 4 is 11.9 Å². The van der Waals surface area contributed by atoms with E-state index in [1.807, 2.05) is 6.20 Å². The number of carboxylic acid groups (broad SMARTS) is 2. The monoisotopic (exact) mass is 267 g/mol. The summed E-state index contributed by atoms with van der Waals surface area (Å²) >= 11 is 0. The molecule has 1 aliphatic carbocycles. The van der Waals surface area contributed by atoms with Crippen molar-refractivity contribution in [1.29, 1.82) is 0 Å². The fourth-order valence-electron chi connectivity index (χ4n) is 1.80. The van der Waals surface area contributed by atoms with Crippen molar-refractivity contribution in [3.05, 3.63) is 29.1 Å². The van der Waals surface area contributed by atoms with Gasteiger partial charge in [-0.3, -0.25) is 14.6 Å². The molecular formula is C14H21NO4. The molecular weight excluding hydrogens is 246 g/mol. The summed E-state index contributed by atoms with van der Waals surface area (Å²) in [7, 11) is 0. The molecule has 0 saturated carbocycles. The van der Waals surface area contributed by atoms with Crippen molar-refractivity contribution in [2.24, 2.45) is 0 Å². The van der Waals surface area contributed by atoms with Gasteiger partial charge in [-0.2, -0.15) is 0 Å². The third-order valence-electron chi connectivity index (χ3n) is 2.47. The zero-order chi connectivity index (χ0) is 14.8. The van der Waals surface area contributed by atoms with E-state index in [0.29, 0.717) is 0 Å². The molecule has 0 aliphatic heterocycles. The van der Waals surface area contributed by atoms with Crippen LogP contribution in [-0.2, 0) is 22.4 Å². The third-order valence-corrected chi connectivity index (χ3v) is 2.47. The molecule has 0 atom stereocenters. The van der Waals surface area contributed by atoms with Crippen LogP contribution in [0.1, 0.15) is 43.5 Å². The fraction of sp³-hybridized carbons (Fsp3) is 0.500. The minimum atomic E-state index is -0.833. The predicted molar refractivity (Wildman–Crippen MR) is 72.2 cm³/mol. The Balaban J connectivity index is 0.000000342. The van der Waals surface area contributed by atoms with Gasteiger partial charge in [-0.15, -0.1) is 0 Å². The molecule has 19 heavy (non-hydrogen) atoms. The van der Waals surface area contributed by atoms with Gasteiger partial charge in [0.25, 0.3) is 11.9 Å². The van der Waals surface area contributed by atoms with Crippen LogP contribution in [-0.4, -0.2) is 27.1 Å².